The molecule has 8 heteroatoms. The Morgan fingerprint density at radius 2 is 2.03 bits per heavy atom. The molecule has 168 valence electrons. The van der Waals surface area contributed by atoms with Crippen LogP contribution in [0.1, 0.15) is 30.0 Å². The number of aromatic amines is 1. The van der Waals surface area contributed by atoms with E-state index in [1.54, 1.807) is 11.3 Å². The van der Waals surface area contributed by atoms with Crippen LogP contribution >= 0.6 is 34.5 Å². The second-order valence-electron chi connectivity index (χ2n) is 8.63. The average Bonchev–Trinajstić information content (AvgIpc) is 3.35. The second kappa shape index (κ2) is 8.35. The molecule has 0 spiro atoms. The molecular formula is C25H21Cl2N3O2S. The zero-order valence-corrected chi connectivity index (χ0v) is 20.0. The smallest absolute Gasteiger partial charge is 0.315 e. The molecule has 2 aliphatic rings. The van der Waals surface area contributed by atoms with Crippen molar-refractivity contribution in [2.75, 3.05) is 18.1 Å². The van der Waals surface area contributed by atoms with E-state index in [9.17, 15) is 4.79 Å². The summed E-state index contributed by atoms with van der Waals surface area (Å²) in [5.74, 6) is -0.0968. The van der Waals surface area contributed by atoms with Crippen LogP contribution in [0.15, 0.2) is 48.6 Å². The number of rotatable bonds is 5. The maximum atomic E-state index is 13.3. The van der Waals surface area contributed by atoms with Gasteiger partial charge in [-0.3, -0.25) is 4.79 Å². The van der Waals surface area contributed by atoms with E-state index in [1.807, 2.05) is 36.4 Å². The van der Waals surface area contributed by atoms with Gasteiger partial charge < -0.3 is 14.6 Å². The molecule has 2 atom stereocenters. The molecule has 0 bridgehead atoms. The summed E-state index contributed by atoms with van der Waals surface area (Å²) in [5.41, 5.74) is 3.86. The number of nitrogens with zero attached hydrogens (tertiary/aromatic N) is 2. The molecule has 0 radical (unpaired) electrons. The maximum absolute atomic E-state index is 13.3. The number of ether oxygens (including phenoxy) is 1. The Hall–Kier alpha value is -2.54. The van der Waals surface area contributed by atoms with Crippen LogP contribution in [0.5, 0.6) is 0 Å². The Morgan fingerprint density at radius 3 is 2.85 bits per heavy atom. The van der Waals surface area contributed by atoms with Crippen molar-refractivity contribution in [1.29, 1.82) is 0 Å². The summed E-state index contributed by atoms with van der Waals surface area (Å²) in [6.07, 6.45) is 6.26. The van der Waals surface area contributed by atoms with Gasteiger partial charge in [-0.25, -0.2) is 4.98 Å². The summed E-state index contributed by atoms with van der Waals surface area (Å²) in [5, 5.41) is 3.19. The second-order valence-corrected chi connectivity index (χ2v) is 10.5. The molecule has 6 rings (SSSR count). The average molecular weight is 498 g/mol. The van der Waals surface area contributed by atoms with Gasteiger partial charge in [-0.15, -0.1) is 0 Å². The highest BCUT2D eigenvalue weighted by Gasteiger charge is 2.36. The van der Waals surface area contributed by atoms with Gasteiger partial charge in [0.15, 0.2) is 5.13 Å². The molecule has 33 heavy (non-hydrogen) atoms. The van der Waals surface area contributed by atoms with Gasteiger partial charge in [0.2, 0.25) is 0 Å². The molecular weight excluding hydrogens is 477 g/mol. The molecule has 0 saturated heterocycles. The number of esters is 1. The van der Waals surface area contributed by atoms with E-state index < -0.39 is 5.92 Å². The largest absolute Gasteiger partial charge is 0.465 e. The highest BCUT2D eigenvalue weighted by Crippen LogP contribution is 2.40. The first kappa shape index (κ1) is 21.0. The third-order valence-electron chi connectivity index (χ3n) is 6.46. The quantitative estimate of drug-likeness (QED) is 0.246. The molecule has 3 heterocycles. The van der Waals surface area contributed by atoms with Crippen LogP contribution in [0.3, 0.4) is 0 Å². The lowest BCUT2D eigenvalue weighted by molar-refractivity contribution is -0.145. The zero-order valence-electron chi connectivity index (χ0n) is 17.7. The number of H-pyrrole nitrogens is 1. The molecule has 1 aliphatic heterocycles. The number of carbonyl (C=O) groups is 1. The minimum absolute atomic E-state index is 0.200. The molecule has 2 aromatic heterocycles. The van der Waals surface area contributed by atoms with Crippen LogP contribution < -0.4 is 4.90 Å². The molecule has 0 fully saturated rings. The van der Waals surface area contributed by atoms with Crippen LogP contribution in [-0.2, 0) is 16.1 Å². The molecule has 0 amide bonds. The van der Waals surface area contributed by atoms with Gasteiger partial charge in [0.25, 0.3) is 0 Å². The predicted octanol–water partition coefficient (Wildman–Crippen LogP) is 6.70. The summed E-state index contributed by atoms with van der Waals surface area (Å²) in [4.78, 5) is 23.8. The monoisotopic (exact) mass is 497 g/mol. The number of carbonyl (C=O) groups excluding carboxylic acids is 1. The van der Waals surface area contributed by atoms with Gasteiger partial charge >= 0.3 is 5.97 Å². The number of benzene rings is 2. The first-order valence-corrected chi connectivity index (χ1v) is 12.6. The minimum atomic E-state index is -0.423. The van der Waals surface area contributed by atoms with Crippen molar-refractivity contribution in [3.63, 3.8) is 0 Å². The van der Waals surface area contributed by atoms with Crippen molar-refractivity contribution < 1.29 is 9.53 Å². The van der Waals surface area contributed by atoms with Gasteiger partial charge in [-0.1, -0.05) is 46.7 Å². The van der Waals surface area contributed by atoms with Crippen LogP contribution in [0.4, 0.5) is 5.13 Å². The summed E-state index contributed by atoms with van der Waals surface area (Å²) in [7, 11) is 0. The predicted molar refractivity (Wildman–Crippen MR) is 135 cm³/mol. The van der Waals surface area contributed by atoms with Gasteiger partial charge in [0, 0.05) is 33.2 Å². The van der Waals surface area contributed by atoms with E-state index in [1.165, 1.54) is 0 Å². The number of fused-ring (bicyclic) bond motifs is 4. The molecule has 0 saturated carbocycles. The summed E-state index contributed by atoms with van der Waals surface area (Å²) in [6.45, 7) is 1.57. The molecule has 1 N–H and O–H groups in total. The summed E-state index contributed by atoms with van der Waals surface area (Å²) < 4.78 is 6.80. The maximum Gasteiger partial charge on any atom is 0.315 e. The lowest BCUT2D eigenvalue weighted by atomic mass is 9.91. The van der Waals surface area contributed by atoms with Gasteiger partial charge in [0.1, 0.15) is 5.92 Å². The number of allylic oxidation sites excluding steroid dienone is 2. The first-order valence-electron chi connectivity index (χ1n) is 11.0. The Balaban J connectivity index is 1.35. The van der Waals surface area contributed by atoms with E-state index in [4.69, 9.17) is 32.9 Å². The van der Waals surface area contributed by atoms with Crippen LogP contribution in [0.25, 0.3) is 21.1 Å². The normalized spacial score (nSPS) is 19.6. The van der Waals surface area contributed by atoms with Gasteiger partial charge in [0.05, 0.1) is 23.4 Å². The Labute approximate surface area is 205 Å². The lowest BCUT2D eigenvalue weighted by Crippen LogP contribution is -2.37. The van der Waals surface area contributed by atoms with Crippen molar-refractivity contribution in [1.82, 2.24) is 9.97 Å². The molecule has 4 aromatic rings. The molecule has 5 nitrogen and oxygen atoms in total. The Kier molecular flexibility index (Phi) is 5.32. The van der Waals surface area contributed by atoms with Gasteiger partial charge in [-0.05, 0) is 60.7 Å². The number of hydrogen-bond acceptors (Lipinski definition) is 5. The van der Waals surface area contributed by atoms with E-state index in [0.29, 0.717) is 35.7 Å². The van der Waals surface area contributed by atoms with Crippen LogP contribution in [0, 0.1) is 5.92 Å². The van der Waals surface area contributed by atoms with E-state index >= 15 is 0 Å². The first-order chi connectivity index (χ1) is 16.0. The number of nitrogens with one attached hydrogen (secondary N) is 1. The lowest BCUT2D eigenvalue weighted by Gasteiger charge is -2.32. The number of halogens is 2. The van der Waals surface area contributed by atoms with Crippen molar-refractivity contribution in [2.45, 2.75) is 25.3 Å². The van der Waals surface area contributed by atoms with E-state index in [-0.39, 0.29) is 5.97 Å². The minimum Gasteiger partial charge on any atom is -0.465 e. The summed E-state index contributed by atoms with van der Waals surface area (Å²) >= 11 is 14.1. The fourth-order valence-electron chi connectivity index (χ4n) is 4.64. The van der Waals surface area contributed by atoms with Gasteiger partial charge in [-0.2, -0.15) is 0 Å². The fourth-order valence-corrected chi connectivity index (χ4v) is 6.07. The van der Waals surface area contributed by atoms with Crippen molar-refractivity contribution in [3.8, 4) is 0 Å². The highest BCUT2D eigenvalue weighted by atomic mass is 35.5. The Morgan fingerprint density at radius 1 is 1.21 bits per heavy atom. The standard InChI is InChI=1S/C25H21Cl2N3O2S/c26-15-4-6-19-17(10-15)23-18(24(31)32-9-8-14-2-1-3-14)12-30(13-21(23)28-19)25-29-20-7-5-16(27)11-22(20)33-25/h1-2,4-7,10-11,14,18,28H,3,8-9,12-13H2/t14-,18?/m0/s1. The third-order valence-corrected chi connectivity index (χ3v) is 8.01. The SMILES string of the molecule is O=C(OCC[C@H]1C=CC1)C1CN(c2nc3ccc(Cl)cc3s2)Cc2[nH]c3ccc(Cl)cc3c21. The number of aromatic nitrogens is 2. The van der Waals surface area contributed by atoms with E-state index in [0.717, 1.165) is 50.4 Å². The number of hydrogen-bond donors (Lipinski definition) is 1. The highest BCUT2D eigenvalue weighted by molar-refractivity contribution is 7.22. The molecule has 2 aromatic carbocycles. The fraction of sp³-hybridized carbons (Fsp3) is 0.280. The number of thiazole rings is 1. The topological polar surface area (TPSA) is 58.2 Å². The van der Waals surface area contributed by atoms with Crippen molar-refractivity contribution in [2.24, 2.45) is 5.92 Å². The van der Waals surface area contributed by atoms with E-state index in [2.05, 4.69) is 22.0 Å². The van der Waals surface area contributed by atoms with Crippen molar-refractivity contribution in [3.05, 3.63) is 69.9 Å². The van der Waals surface area contributed by atoms with Crippen LogP contribution in [0.2, 0.25) is 10.0 Å². The molecule has 1 unspecified atom stereocenters. The summed E-state index contributed by atoms with van der Waals surface area (Å²) in [6, 6.07) is 11.5. The van der Waals surface area contributed by atoms with Crippen LogP contribution in [-0.4, -0.2) is 29.1 Å². The van der Waals surface area contributed by atoms with Crippen molar-refractivity contribution >= 4 is 66.8 Å². The number of anilines is 1. The Bertz CT molecular complexity index is 1410. The molecule has 1 aliphatic carbocycles. The zero-order chi connectivity index (χ0) is 22.5. The third kappa shape index (κ3) is 3.90.